The summed E-state index contributed by atoms with van der Waals surface area (Å²) in [4.78, 5) is 14.4. The Morgan fingerprint density at radius 3 is 2.63 bits per heavy atom. The van der Waals surface area contributed by atoms with E-state index in [-0.39, 0.29) is 18.1 Å². The van der Waals surface area contributed by atoms with Crippen molar-refractivity contribution in [2.45, 2.75) is 6.61 Å². The number of hydrogen-bond acceptors (Lipinski definition) is 5. The van der Waals surface area contributed by atoms with Crippen molar-refractivity contribution in [2.24, 2.45) is 0 Å². The molecule has 1 heterocycles. The van der Waals surface area contributed by atoms with E-state index in [1.165, 1.54) is 12.3 Å². The Kier molecular flexibility index (Phi) is 4.08. The van der Waals surface area contributed by atoms with E-state index in [4.69, 9.17) is 5.11 Å². The molecular weight excluding hydrogens is 314 g/mol. The molecular formula is C12H10BrN3O3. The number of hydrogen-bond donors (Lipinski definition) is 2. The standard InChI is InChI=1S/C12H10BrN3O3/c13-9-5-11(16(18)19)12(14-6-9)15-10-3-1-8(7-17)2-4-10/h1-6,17H,7H2,(H,14,15). The fourth-order valence-electron chi connectivity index (χ4n) is 1.49. The molecule has 0 radical (unpaired) electrons. The first kappa shape index (κ1) is 13.4. The number of pyridine rings is 1. The minimum absolute atomic E-state index is 0.0447. The van der Waals surface area contributed by atoms with Gasteiger partial charge in [-0.05, 0) is 33.6 Å². The molecule has 2 aromatic rings. The highest BCUT2D eigenvalue weighted by Gasteiger charge is 2.15. The van der Waals surface area contributed by atoms with Crippen molar-refractivity contribution in [1.29, 1.82) is 0 Å². The first-order valence-electron chi connectivity index (χ1n) is 5.37. The highest BCUT2D eigenvalue weighted by molar-refractivity contribution is 9.10. The number of aromatic nitrogens is 1. The van der Waals surface area contributed by atoms with E-state index in [1.807, 2.05) is 0 Å². The van der Waals surface area contributed by atoms with Crippen LogP contribution in [0.2, 0.25) is 0 Å². The van der Waals surface area contributed by atoms with Gasteiger partial charge in [0.1, 0.15) is 0 Å². The molecule has 0 aliphatic carbocycles. The van der Waals surface area contributed by atoms with E-state index in [0.29, 0.717) is 10.2 Å². The SMILES string of the molecule is O=[N+]([O-])c1cc(Br)cnc1Nc1ccc(CO)cc1. The molecule has 1 aromatic heterocycles. The van der Waals surface area contributed by atoms with Crippen LogP contribution in [0.1, 0.15) is 5.56 Å². The number of aliphatic hydroxyl groups excluding tert-OH is 1. The highest BCUT2D eigenvalue weighted by Crippen LogP contribution is 2.28. The van der Waals surface area contributed by atoms with Crippen molar-refractivity contribution in [2.75, 3.05) is 5.32 Å². The summed E-state index contributed by atoms with van der Waals surface area (Å²) in [6, 6.07) is 8.29. The van der Waals surface area contributed by atoms with Gasteiger partial charge in [0.15, 0.2) is 0 Å². The molecule has 2 rings (SSSR count). The van der Waals surface area contributed by atoms with E-state index < -0.39 is 4.92 Å². The van der Waals surface area contributed by atoms with Crippen LogP contribution >= 0.6 is 15.9 Å². The van der Waals surface area contributed by atoms with Crippen molar-refractivity contribution in [3.63, 3.8) is 0 Å². The van der Waals surface area contributed by atoms with Crippen LogP contribution in [0.5, 0.6) is 0 Å². The predicted octanol–water partition coefficient (Wildman–Crippen LogP) is 2.99. The second-order valence-electron chi connectivity index (χ2n) is 3.76. The van der Waals surface area contributed by atoms with Crippen LogP contribution in [0.3, 0.4) is 0 Å². The van der Waals surface area contributed by atoms with Gasteiger partial charge in [-0.25, -0.2) is 4.98 Å². The largest absolute Gasteiger partial charge is 0.392 e. The topological polar surface area (TPSA) is 88.3 Å². The zero-order chi connectivity index (χ0) is 13.8. The molecule has 0 bridgehead atoms. The number of nitrogens with one attached hydrogen (secondary N) is 1. The highest BCUT2D eigenvalue weighted by atomic mass is 79.9. The Hall–Kier alpha value is -1.99. The van der Waals surface area contributed by atoms with E-state index in [0.717, 1.165) is 5.56 Å². The molecule has 0 aliphatic rings. The summed E-state index contributed by atoms with van der Waals surface area (Å²) in [6.07, 6.45) is 1.48. The van der Waals surface area contributed by atoms with Crippen molar-refractivity contribution in [3.8, 4) is 0 Å². The predicted molar refractivity (Wildman–Crippen MR) is 74.2 cm³/mol. The van der Waals surface area contributed by atoms with Gasteiger partial charge in [-0.3, -0.25) is 10.1 Å². The van der Waals surface area contributed by atoms with Gasteiger partial charge < -0.3 is 10.4 Å². The second-order valence-corrected chi connectivity index (χ2v) is 4.67. The third-order valence-electron chi connectivity index (χ3n) is 2.43. The van der Waals surface area contributed by atoms with Crippen molar-refractivity contribution in [3.05, 3.63) is 56.7 Å². The van der Waals surface area contributed by atoms with Crippen LogP contribution < -0.4 is 5.32 Å². The molecule has 6 nitrogen and oxygen atoms in total. The smallest absolute Gasteiger partial charge is 0.312 e. The fourth-order valence-corrected chi connectivity index (χ4v) is 1.81. The summed E-state index contributed by atoms with van der Waals surface area (Å²) in [5, 5.41) is 22.8. The van der Waals surface area contributed by atoms with Gasteiger partial charge in [0.05, 0.1) is 11.5 Å². The maximum atomic E-state index is 10.9. The summed E-state index contributed by atoms with van der Waals surface area (Å²) < 4.78 is 0.542. The lowest BCUT2D eigenvalue weighted by molar-refractivity contribution is -0.384. The molecule has 0 unspecified atom stereocenters. The Morgan fingerprint density at radius 1 is 1.37 bits per heavy atom. The summed E-state index contributed by atoms with van der Waals surface area (Å²) >= 11 is 3.15. The van der Waals surface area contributed by atoms with Gasteiger partial charge in [0.2, 0.25) is 5.82 Å². The van der Waals surface area contributed by atoms with E-state index in [1.54, 1.807) is 24.3 Å². The number of halogens is 1. The molecule has 0 atom stereocenters. The molecule has 98 valence electrons. The maximum absolute atomic E-state index is 10.9. The molecule has 1 aromatic carbocycles. The number of benzene rings is 1. The molecule has 0 spiro atoms. The Bertz CT molecular complexity index is 602. The third-order valence-corrected chi connectivity index (χ3v) is 2.86. The van der Waals surface area contributed by atoms with Gasteiger partial charge in [-0.15, -0.1) is 0 Å². The van der Waals surface area contributed by atoms with Gasteiger partial charge in [-0.2, -0.15) is 0 Å². The third kappa shape index (κ3) is 3.27. The fraction of sp³-hybridized carbons (Fsp3) is 0.0833. The van der Waals surface area contributed by atoms with E-state index in [2.05, 4.69) is 26.2 Å². The van der Waals surface area contributed by atoms with Gasteiger partial charge >= 0.3 is 5.69 Å². The van der Waals surface area contributed by atoms with Crippen LogP contribution in [0.25, 0.3) is 0 Å². The minimum Gasteiger partial charge on any atom is -0.392 e. The average Bonchev–Trinajstić information content (AvgIpc) is 2.41. The van der Waals surface area contributed by atoms with Gasteiger partial charge in [0.25, 0.3) is 0 Å². The van der Waals surface area contributed by atoms with E-state index >= 15 is 0 Å². The molecule has 2 N–H and O–H groups in total. The monoisotopic (exact) mass is 323 g/mol. The number of aliphatic hydroxyl groups is 1. The van der Waals surface area contributed by atoms with E-state index in [9.17, 15) is 10.1 Å². The van der Waals surface area contributed by atoms with Crippen molar-refractivity contribution in [1.82, 2.24) is 4.98 Å². The van der Waals surface area contributed by atoms with Crippen LogP contribution in [-0.2, 0) is 6.61 Å². The molecule has 0 saturated heterocycles. The lowest BCUT2D eigenvalue weighted by atomic mass is 10.2. The number of nitrogens with zero attached hydrogens (tertiary/aromatic N) is 2. The summed E-state index contributed by atoms with van der Waals surface area (Å²) in [7, 11) is 0. The van der Waals surface area contributed by atoms with Crippen molar-refractivity contribution < 1.29 is 10.0 Å². The average molecular weight is 324 g/mol. The Balaban J connectivity index is 2.29. The summed E-state index contributed by atoms with van der Waals surface area (Å²) in [6.45, 7) is -0.0447. The Labute approximate surface area is 117 Å². The van der Waals surface area contributed by atoms with Gasteiger partial charge in [-0.1, -0.05) is 12.1 Å². The molecule has 0 saturated carbocycles. The molecule has 0 amide bonds. The summed E-state index contributed by atoms with van der Waals surface area (Å²) in [5.41, 5.74) is 1.32. The normalized spacial score (nSPS) is 10.2. The molecule has 7 heteroatoms. The number of nitro groups is 1. The molecule has 0 fully saturated rings. The minimum atomic E-state index is -0.498. The lowest BCUT2D eigenvalue weighted by Gasteiger charge is -2.07. The van der Waals surface area contributed by atoms with Crippen LogP contribution in [0, 0.1) is 10.1 Å². The zero-order valence-electron chi connectivity index (χ0n) is 9.71. The Morgan fingerprint density at radius 2 is 2.05 bits per heavy atom. The number of rotatable bonds is 4. The summed E-state index contributed by atoms with van der Waals surface area (Å²) in [5.74, 6) is 0.171. The molecule has 19 heavy (non-hydrogen) atoms. The van der Waals surface area contributed by atoms with Gasteiger partial charge in [0, 0.05) is 22.4 Å². The zero-order valence-corrected chi connectivity index (χ0v) is 11.3. The number of anilines is 2. The van der Waals surface area contributed by atoms with Crippen LogP contribution in [-0.4, -0.2) is 15.0 Å². The maximum Gasteiger partial charge on any atom is 0.312 e. The van der Waals surface area contributed by atoms with Crippen LogP contribution in [0.4, 0.5) is 17.2 Å². The first-order chi connectivity index (χ1) is 9.10. The first-order valence-corrected chi connectivity index (χ1v) is 6.16. The second kappa shape index (κ2) is 5.77. The quantitative estimate of drug-likeness (QED) is 0.667. The van der Waals surface area contributed by atoms with Crippen molar-refractivity contribution >= 4 is 33.1 Å². The van der Waals surface area contributed by atoms with Crippen LogP contribution in [0.15, 0.2) is 41.0 Å². The molecule has 0 aliphatic heterocycles. The lowest BCUT2D eigenvalue weighted by Crippen LogP contribution is -1.99.